The van der Waals surface area contributed by atoms with E-state index in [0.717, 1.165) is 25.9 Å². The zero-order valence-corrected chi connectivity index (χ0v) is 13.9. The van der Waals surface area contributed by atoms with Crippen LogP contribution in [-0.2, 0) is 6.54 Å². The zero-order chi connectivity index (χ0) is 16.2. The summed E-state index contributed by atoms with van der Waals surface area (Å²) in [6, 6.07) is 8.71. The van der Waals surface area contributed by atoms with Crippen molar-refractivity contribution in [2.75, 3.05) is 20.1 Å². The summed E-state index contributed by atoms with van der Waals surface area (Å²) in [6.07, 6.45) is 6.99. The summed E-state index contributed by atoms with van der Waals surface area (Å²) < 4.78 is 1.58. The molecule has 0 saturated carbocycles. The molecule has 1 aliphatic heterocycles. The highest BCUT2D eigenvalue weighted by atomic mass is 16.2. The number of likely N-dealkylation sites (tertiary alicyclic amines) is 1. The monoisotopic (exact) mass is 312 g/mol. The maximum atomic E-state index is 12.9. The molecule has 0 aliphatic carbocycles. The standard InChI is InChI=1S/C18H24N4O/c1-15-3-5-16(6-4-15)13-22(17-7-10-20(2)11-8-17)18(23)21-12-9-19-14-21/h3-6,9,12,14,17H,7-8,10-11,13H2,1-2H3. The predicted molar refractivity (Wildman–Crippen MR) is 90.3 cm³/mol. The first-order chi connectivity index (χ1) is 11.1. The summed E-state index contributed by atoms with van der Waals surface area (Å²) in [4.78, 5) is 21.2. The molecule has 2 heterocycles. The van der Waals surface area contributed by atoms with Crippen molar-refractivity contribution in [3.8, 4) is 0 Å². The molecule has 0 bridgehead atoms. The van der Waals surface area contributed by atoms with E-state index in [1.807, 2.05) is 4.90 Å². The van der Waals surface area contributed by atoms with Crippen LogP contribution < -0.4 is 0 Å². The molecular formula is C18H24N4O. The van der Waals surface area contributed by atoms with Crippen molar-refractivity contribution in [1.82, 2.24) is 19.4 Å². The Labute approximate surface area is 137 Å². The minimum Gasteiger partial charge on any atom is -0.317 e. The van der Waals surface area contributed by atoms with Gasteiger partial charge in [-0.3, -0.25) is 4.57 Å². The molecule has 1 fully saturated rings. The number of nitrogens with zero attached hydrogens (tertiary/aromatic N) is 4. The van der Waals surface area contributed by atoms with Crippen molar-refractivity contribution < 1.29 is 4.79 Å². The number of hydrogen-bond donors (Lipinski definition) is 0. The number of carbonyl (C=O) groups excluding carboxylic acids is 1. The highest BCUT2D eigenvalue weighted by molar-refractivity contribution is 5.77. The lowest BCUT2D eigenvalue weighted by atomic mass is 10.0. The van der Waals surface area contributed by atoms with Gasteiger partial charge in [0.05, 0.1) is 0 Å². The summed E-state index contributed by atoms with van der Waals surface area (Å²) in [7, 11) is 2.14. The van der Waals surface area contributed by atoms with Gasteiger partial charge in [0.1, 0.15) is 6.33 Å². The molecule has 2 aromatic rings. The van der Waals surface area contributed by atoms with Crippen LogP contribution in [-0.4, -0.2) is 51.6 Å². The minimum atomic E-state index is 0.0117. The first kappa shape index (κ1) is 15.7. The molecule has 122 valence electrons. The molecule has 0 N–H and O–H groups in total. The Bertz CT molecular complexity index is 628. The fourth-order valence-electron chi connectivity index (χ4n) is 3.07. The molecule has 1 amide bonds. The highest BCUT2D eigenvalue weighted by Gasteiger charge is 2.27. The number of hydrogen-bond acceptors (Lipinski definition) is 3. The Morgan fingerprint density at radius 1 is 1.26 bits per heavy atom. The fraction of sp³-hybridized carbons (Fsp3) is 0.444. The predicted octanol–water partition coefficient (Wildman–Crippen LogP) is 2.76. The van der Waals surface area contributed by atoms with E-state index in [4.69, 9.17) is 0 Å². The smallest absolute Gasteiger partial charge is 0.317 e. The van der Waals surface area contributed by atoms with Gasteiger partial charge in [-0.05, 0) is 45.5 Å². The Kier molecular flexibility index (Phi) is 4.76. The van der Waals surface area contributed by atoms with Crippen molar-refractivity contribution >= 4 is 6.03 Å². The molecule has 1 aromatic carbocycles. The van der Waals surface area contributed by atoms with Gasteiger partial charge < -0.3 is 9.80 Å². The molecule has 0 spiro atoms. The van der Waals surface area contributed by atoms with Crippen LogP contribution in [0.2, 0.25) is 0 Å². The van der Waals surface area contributed by atoms with E-state index >= 15 is 0 Å². The third-order valence-electron chi connectivity index (χ3n) is 4.57. The molecule has 5 nitrogen and oxygen atoms in total. The van der Waals surface area contributed by atoms with E-state index in [2.05, 4.69) is 48.1 Å². The van der Waals surface area contributed by atoms with E-state index in [-0.39, 0.29) is 12.1 Å². The molecule has 0 atom stereocenters. The molecule has 3 rings (SSSR count). The molecular weight excluding hydrogens is 288 g/mol. The number of benzene rings is 1. The topological polar surface area (TPSA) is 41.4 Å². The van der Waals surface area contributed by atoms with Gasteiger partial charge in [0.25, 0.3) is 0 Å². The van der Waals surface area contributed by atoms with Gasteiger partial charge in [-0.15, -0.1) is 0 Å². The molecule has 23 heavy (non-hydrogen) atoms. The van der Waals surface area contributed by atoms with Crippen molar-refractivity contribution in [2.24, 2.45) is 0 Å². The van der Waals surface area contributed by atoms with Gasteiger partial charge >= 0.3 is 6.03 Å². The first-order valence-corrected chi connectivity index (χ1v) is 8.16. The van der Waals surface area contributed by atoms with Crippen LogP contribution in [0.5, 0.6) is 0 Å². The summed E-state index contributed by atoms with van der Waals surface area (Å²) in [5.41, 5.74) is 2.41. The van der Waals surface area contributed by atoms with E-state index in [9.17, 15) is 4.79 Å². The van der Waals surface area contributed by atoms with Crippen LogP contribution in [0, 0.1) is 6.92 Å². The number of imidazole rings is 1. The van der Waals surface area contributed by atoms with E-state index in [1.54, 1.807) is 23.3 Å². The highest BCUT2D eigenvalue weighted by Crippen LogP contribution is 2.20. The van der Waals surface area contributed by atoms with Gasteiger partial charge in [-0.25, -0.2) is 9.78 Å². The second-order valence-corrected chi connectivity index (χ2v) is 6.40. The summed E-state index contributed by atoms with van der Waals surface area (Å²) in [6.45, 7) is 4.79. The second kappa shape index (κ2) is 6.96. The van der Waals surface area contributed by atoms with Gasteiger partial charge in [0.2, 0.25) is 0 Å². The van der Waals surface area contributed by atoms with Crippen LogP contribution in [0.4, 0.5) is 4.79 Å². The Morgan fingerprint density at radius 2 is 1.96 bits per heavy atom. The quantitative estimate of drug-likeness (QED) is 0.875. The van der Waals surface area contributed by atoms with E-state index in [1.165, 1.54) is 11.1 Å². The number of aromatic nitrogens is 2. The van der Waals surface area contributed by atoms with E-state index in [0.29, 0.717) is 6.54 Å². The van der Waals surface area contributed by atoms with Gasteiger partial charge in [-0.1, -0.05) is 29.8 Å². The van der Waals surface area contributed by atoms with Crippen LogP contribution in [0.25, 0.3) is 0 Å². The second-order valence-electron chi connectivity index (χ2n) is 6.40. The number of aryl methyl sites for hydroxylation is 1. The van der Waals surface area contributed by atoms with Crippen LogP contribution in [0.1, 0.15) is 24.0 Å². The van der Waals surface area contributed by atoms with Crippen LogP contribution in [0.3, 0.4) is 0 Å². The Hall–Kier alpha value is -2.14. The molecule has 5 heteroatoms. The average molecular weight is 312 g/mol. The lowest BCUT2D eigenvalue weighted by Crippen LogP contribution is -2.47. The van der Waals surface area contributed by atoms with Crippen LogP contribution in [0.15, 0.2) is 43.0 Å². The molecule has 0 radical (unpaired) electrons. The lowest BCUT2D eigenvalue weighted by molar-refractivity contribution is 0.128. The SMILES string of the molecule is Cc1ccc(CN(C(=O)n2ccnc2)C2CCN(C)CC2)cc1. The van der Waals surface area contributed by atoms with Crippen LogP contribution >= 0.6 is 0 Å². The first-order valence-electron chi connectivity index (χ1n) is 8.16. The largest absolute Gasteiger partial charge is 0.329 e. The van der Waals surface area contributed by atoms with E-state index < -0.39 is 0 Å². The van der Waals surface area contributed by atoms with Crippen molar-refractivity contribution in [2.45, 2.75) is 32.4 Å². The molecule has 0 unspecified atom stereocenters. The lowest BCUT2D eigenvalue weighted by Gasteiger charge is -2.37. The summed E-state index contributed by atoms with van der Waals surface area (Å²) >= 11 is 0. The third-order valence-corrected chi connectivity index (χ3v) is 4.57. The van der Waals surface area contributed by atoms with Gasteiger partial charge in [0, 0.05) is 25.0 Å². The number of rotatable bonds is 3. The van der Waals surface area contributed by atoms with Gasteiger partial charge in [0.15, 0.2) is 0 Å². The average Bonchev–Trinajstić information content (AvgIpc) is 3.09. The van der Waals surface area contributed by atoms with Gasteiger partial charge in [-0.2, -0.15) is 0 Å². The maximum Gasteiger partial charge on any atom is 0.329 e. The van der Waals surface area contributed by atoms with Crippen molar-refractivity contribution in [3.63, 3.8) is 0 Å². The number of piperidine rings is 1. The zero-order valence-electron chi connectivity index (χ0n) is 13.9. The molecule has 1 saturated heterocycles. The summed E-state index contributed by atoms with van der Waals surface area (Å²) in [5, 5.41) is 0. The normalized spacial score (nSPS) is 16.4. The Morgan fingerprint density at radius 3 is 2.57 bits per heavy atom. The minimum absolute atomic E-state index is 0.0117. The van der Waals surface area contributed by atoms with Crippen molar-refractivity contribution in [3.05, 3.63) is 54.1 Å². The fourth-order valence-corrected chi connectivity index (χ4v) is 3.07. The number of carbonyl (C=O) groups is 1. The summed E-state index contributed by atoms with van der Waals surface area (Å²) in [5.74, 6) is 0. The molecule has 1 aliphatic rings. The third kappa shape index (κ3) is 3.79. The number of amides is 1. The Balaban J connectivity index is 1.80. The maximum absolute atomic E-state index is 12.9. The molecule has 1 aromatic heterocycles. The van der Waals surface area contributed by atoms with Crippen molar-refractivity contribution in [1.29, 1.82) is 0 Å².